The summed E-state index contributed by atoms with van der Waals surface area (Å²) in [5.74, 6) is -0.560. The van der Waals surface area contributed by atoms with E-state index in [2.05, 4.69) is 6.58 Å². The second-order valence-corrected chi connectivity index (χ2v) is 5.92. The highest BCUT2D eigenvalue weighted by Crippen LogP contribution is 2.25. The summed E-state index contributed by atoms with van der Waals surface area (Å²) in [6, 6.07) is 14.0. The van der Waals surface area contributed by atoms with E-state index in [1.807, 2.05) is 30.3 Å². The molecule has 1 atom stereocenters. The molecule has 1 N–H and O–H groups in total. The molecule has 142 valence electrons. The molecular formula is C21H23NO5. The van der Waals surface area contributed by atoms with Crippen molar-refractivity contribution in [2.45, 2.75) is 19.6 Å². The number of carbonyl (C=O) groups excluding carboxylic acids is 2. The first-order chi connectivity index (χ1) is 13.0. The van der Waals surface area contributed by atoms with Gasteiger partial charge >= 0.3 is 12.1 Å². The maximum absolute atomic E-state index is 12.6. The number of ether oxygens (including phenoxy) is 2. The van der Waals surface area contributed by atoms with Crippen LogP contribution in [0.1, 0.15) is 34.5 Å². The molecule has 2 aromatic carbocycles. The Hall–Kier alpha value is -3.12. The lowest BCUT2D eigenvalue weighted by atomic mass is 10.0. The zero-order valence-electron chi connectivity index (χ0n) is 15.4. The van der Waals surface area contributed by atoms with Gasteiger partial charge in [0.05, 0.1) is 18.8 Å². The molecule has 0 saturated carbocycles. The van der Waals surface area contributed by atoms with Crippen LogP contribution in [0, 0.1) is 0 Å². The highest BCUT2D eigenvalue weighted by Gasteiger charge is 2.20. The molecule has 0 aliphatic heterocycles. The fraction of sp³-hybridized carbons (Fsp3) is 0.238. The zero-order valence-corrected chi connectivity index (χ0v) is 15.4. The van der Waals surface area contributed by atoms with Crippen molar-refractivity contribution in [1.29, 1.82) is 0 Å². The molecule has 0 bridgehead atoms. The Kier molecular flexibility index (Phi) is 7.14. The third-order valence-corrected chi connectivity index (χ3v) is 3.89. The zero-order chi connectivity index (χ0) is 19.8. The van der Waals surface area contributed by atoms with E-state index in [0.29, 0.717) is 11.3 Å². The Morgan fingerprint density at radius 1 is 1.22 bits per heavy atom. The van der Waals surface area contributed by atoms with Crippen molar-refractivity contribution in [3.8, 4) is 0 Å². The summed E-state index contributed by atoms with van der Waals surface area (Å²) in [6.45, 7) is 5.54. The minimum Gasteiger partial charge on any atom is -0.465 e. The molecule has 0 saturated heterocycles. The van der Waals surface area contributed by atoms with Gasteiger partial charge in [-0.05, 0) is 36.2 Å². The highest BCUT2D eigenvalue weighted by atomic mass is 16.6. The van der Waals surface area contributed by atoms with Crippen LogP contribution in [0.2, 0.25) is 0 Å². The Labute approximate surface area is 158 Å². The summed E-state index contributed by atoms with van der Waals surface area (Å²) in [5.41, 5.74) is 1.98. The average Bonchev–Trinajstić information content (AvgIpc) is 2.69. The van der Waals surface area contributed by atoms with Crippen LogP contribution in [0.3, 0.4) is 0 Å². The van der Waals surface area contributed by atoms with Crippen LogP contribution in [0.5, 0.6) is 0 Å². The predicted molar refractivity (Wildman–Crippen MR) is 103 cm³/mol. The van der Waals surface area contributed by atoms with Gasteiger partial charge in [-0.2, -0.15) is 0 Å². The molecule has 6 heteroatoms. The first kappa shape index (κ1) is 20.2. The van der Waals surface area contributed by atoms with Crippen LogP contribution in [0.25, 0.3) is 0 Å². The van der Waals surface area contributed by atoms with Gasteiger partial charge in [0.2, 0.25) is 0 Å². The molecule has 0 fully saturated rings. The first-order valence-electron chi connectivity index (χ1n) is 8.46. The fourth-order valence-electron chi connectivity index (χ4n) is 2.48. The number of esters is 1. The second kappa shape index (κ2) is 9.54. The molecule has 0 radical (unpaired) electrons. The van der Waals surface area contributed by atoms with Crippen LogP contribution in [-0.4, -0.2) is 30.8 Å². The standard InChI is InChI=1S/C21H23NO5/c1-4-10-22(21(25)27-14-16-8-6-5-7-9-16)19-12-17(15(2)23)11-18(13-19)20(24)26-3/h4-9,11-13,15,23H,1,10,14H2,2-3H3. The molecule has 1 amide bonds. The fourth-order valence-corrected chi connectivity index (χ4v) is 2.48. The Morgan fingerprint density at radius 3 is 2.52 bits per heavy atom. The summed E-state index contributed by atoms with van der Waals surface area (Å²) in [6.07, 6.45) is 0.146. The molecule has 0 aliphatic carbocycles. The summed E-state index contributed by atoms with van der Waals surface area (Å²) >= 11 is 0. The molecule has 0 aliphatic rings. The topological polar surface area (TPSA) is 76.1 Å². The number of hydrogen-bond acceptors (Lipinski definition) is 5. The molecule has 2 aromatic rings. The van der Waals surface area contributed by atoms with E-state index in [1.165, 1.54) is 24.1 Å². The summed E-state index contributed by atoms with van der Waals surface area (Å²) < 4.78 is 10.1. The molecule has 6 nitrogen and oxygen atoms in total. The minimum atomic E-state index is -0.820. The lowest BCUT2D eigenvalue weighted by Crippen LogP contribution is -2.32. The predicted octanol–water partition coefficient (Wildman–Crippen LogP) is 3.86. The van der Waals surface area contributed by atoms with Gasteiger partial charge < -0.3 is 14.6 Å². The van der Waals surface area contributed by atoms with E-state index in [-0.39, 0.29) is 18.7 Å². The molecule has 0 heterocycles. The van der Waals surface area contributed by atoms with E-state index < -0.39 is 18.2 Å². The number of carbonyl (C=O) groups is 2. The lowest BCUT2D eigenvalue weighted by Gasteiger charge is -2.22. The van der Waals surface area contributed by atoms with E-state index in [1.54, 1.807) is 19.1 Å². The lowest BCUT2D eigenvalue weighted by molar-refractivity contribution is 0.0600. The Morgan fingerprint density at radius 2 is 1.93 bits per heavy atom. The SMILES string of the molecule is C=CCN(C(=O)OCc1ccccc1)c1cc(C(=O)OC)cc(C(C)O)c1. The van der Waals surface area contributed by atoms with Gasteiger partial charge in [-0.25, -0.2) is 9.59 Å². The Balaban J connectivity index is 2.30. The number of hydrogen-bond donors (Lipinski definition) is 1. The van der Waals surface area contributed by atoms with Gasteiger partial charge in [-0.1, -0.05) is 36.4 Å². The van der Waals surface area contributed by atoms with Crippen LogP contribution in [-0.2, 0) is 16.1 Å². The molecular weight excluding hydrogens is 346 g/mol. The number of methoxy groups -OCH3 is 1. The summed E-state index contributed by atoms with van der Waals surface area (Å²) in [5, 5.41) is 9.92. The van der Waals surface area contributed by atoms with Crippen LogP contribution in [0.4, 0.5) is 10.5 Å². The number of anilines is 1. The molecule has 27 heavy (non-hydrogen) atoms. The number of aliphatic hydroxyl groups is 1. The second-order valence-electron chi connectivity index (χ2n) is 5.92. The van der Waals surface area contributed by atoms with Crippen molar-refractivity contribution in [2.24, 2.45) is 0 Å². The molecule has 2 rings (SSSR count). The third kappa shape index (κ3) is 5.43. The molecule has 0 aromatic heterocycles. The highest BCUT2D eigenvalue weighted by molar-refractivity contribution is 5.94. The van der Waals surface area contributed by atoms with Crippen LogP contribution >= 0.6 is 0 Å². The van der Waals surface area contributed by atoms with Crippen LogP contribution < -0.4 is 4.90 Å². The first-order valence-corrected chi connectivity index (χ1v) is 8.46. The number of amides is 1. The van der Waals surface area contributed by atoms with E-state index in [0.717, 1.165) is 5.56 Å². The van der Waals surface area contributed by atoms with Crippen molar-refractivity contribution < 1.29 is 24.2 Å². The quantitative estimate of drug-likeness (QED) is 0.592. The van der Waals surface area contributed by atoms with E-state index >= 15 is 0 Å². The average molecular weight is 369 g/mol. The minimum absolute atomic E-state index is 0.118. The number of rotatable bonds is 7. The maximum Gasteiger partial charge on any atom is 0.414 e. The van der Waals surface area contributed by atoms with Gasteiger partial charge in [-0.15, -0.1) is 6.58 Å². The van der Waals surface area contributed by atoms with Gasteiger partial charge in [0.25, 0.3) is 0 Å². The normalized spacial score (nSPS) is 11.4. The van der Waals surface area contributed by atoms with Gasteiger partial charge in [0.15, 0.2) is 0 Å². The molecule has 1 unspecified atom stereocenters. The summed E-state index contributed by atoms with van der Waals surface area (Å²) in [7, 11) is 1.27. The monoisotopic (exact) mass is 369 g/mol. The van der Waals surface area contributed by atoms with Crippen molar-refractivity contribution >= 4 is 17.7 Å². The third-order valence-electron chi connectivity index (χ3n) is 3.89. The van der Waals surface area contributed by atoms with Gasteiger partial charge in [0, 0.05) is 12.2 Å². The van der Waals surface area contributed by atoms with E-state index in [4.69, 9.17) is 9.47 Å². The maximum atomic E-state index is 12.6. The van der Waals surface area contributed by atoms with Crippen LogP contribution in [0.15, 0.2) is 61.2 Å². The van der Waals surface area contributed by atoms with Gasteiger partial charge in [0.1, 0.15) is 6.61 Å². The number of benzene rings is 2. The van der Waals surface area contributed by atoms with Crippen molar-refractivity contribution in [3.05, 3.63) is 77.9 Å². The summed E-state index contributed by atoms with van der Waals surface area (Å²) in [4.78, 5) is 25.9. The van der Waals surface area contributed by atoms with Crippen molar-refractivity contribution in [3.63, 3.8) is 0 Å². The Bertz CT molecular complexity index is 801. The van der Waals surface area contributed by atoms with Crippen molar-refractivity contribution in [1.82, 2.24) is 0 Å². The number of nitrogens with zero attached hydrogens (tertiary/aromatic N) is 1. The largest absolute Gasteiger partial charge is 0.465 e. The van der Waals surface area contributed by atoms with E-state index in [9.17, 15) is 14.7 Å². The van der Waals surface area contributed by atoms with Gasteiger partial charge in [-0.3, -0.25) is 4.90 Å². The molecule has 0 spiro atoms. The smallest absolute Gasteiger partial charge is 0.414 e. The number of aliphatic hydroxyl groups excluding tert-OH is 1. The van der Waals surface area contributed by atoms with Crippen molar-refractivity contribution in [2.75, 3.05) is 18.6 Å².